The van der Waals surface area contributed by atoms with E-state index in [0.29, 0.717) is 28.4 Å². The number of nitrogens with zero attached hydrogens (tertiary/aromatic N) is 2. The molecule has 0 saturated carbocycles. The third kappa shape index (κ3) is 2.95. The number of nitrogens with two attached hydrogens (primary N) is 1. The molecule has 0 spiro atoms. The zero-order chi connectivity index (χ0) is 17.3. The summed E-state index contributed by atoms with van der Waals surface area (Å²) >= 11 is 3.39. The van der Waals surface area contributed by atoms with Crippen molar-refractivity contribution in [3.8, 4) is 28.4 Å². The van der Waals surface area contributed by atoms with Crippen molar-refractivity contribution < 1.29 is 14.6 Å². The lowest BCUT2D eigenvalue weighted by Crippen LogP contribution is -1.98. The molecule has 0 aliphatic carbocycles. The fraction of sp³-hybridized carbons (Fsp3) is 0.0625. The number of methoxy groups -OCH3 is 1. The number of hydrogen-bond donors (Lipinski definition) is 3. The summed E-state index contributed by atoms with van der Waals surface area (Å²) in [5, 5.41) is 9.54. The van der Waals surface area contributed by atoms with Gasteiger partial charge in [0.2, 0.25) is 5.95 Å². The topological polar surface area (TPSA) is 114 Å². The molecule has 7 nitrogen and oxygen atoms in total. The first-order valence-electron chi connectivity index (χ1n) is 6.88. The molecule has 122 valence electrons. The maximum Gasteiger partial charge on any atom is 0.337 e. The third-order valence-corrected chi connectivity index (χ3v) is 3.92. The number of hydrogen-bond acceptors (Lipinski definition) is 5. The van der Waals surface area contributed by atoms with Gasteiger partial charge < -0.3 is 20.6 Å². The van der Waals surface area contributed by atoms with Crippen LogP contribution in [0.25, 0.3) is 22.6 Å². The molecule has 1 aromatic carbocycles. The Hall–Kier alpha value is -2.87. The standard InChI is InChI=1S/C16H13BrN4O3/c1-24-13-3-2-8(17)6-9(13)14-10(15(22)23)7-12(20-14)11-4-5-19-16(18)21-11/h2-7,20H,1H3,(H,22,23)(H2,18,19,21). The highest BCUT2D eigenvalue weighted by Crippen LogP contribution is 2.36. The van der Waals surface area contributed by atoms with Gasteiger partial charge in [0.25, 0.3) is 0 Å². The molecule has 24 heavy (non-hydrogen) atoms. The summed E-state index contributed by atoms with van der Waals surface area (Å²) in [7, 11) is 1.53. The Bertz CT molecular complexity index is 923. The van der Waals surface area contributed by atoms with E-state index >= 15 is 0 Å². The number of benzene rings is 1. The molecule has 2 aromatic heterocycles. The number of rotatable bonds is 4. The molecule has 0 radical (unpaired) electrons. The first-order valence-corrected chi connectivity index (χ1v) is 7.68. The van der Waals surface area contributed by atoms with E-state index in [-0.39, 0.29) is 11.5 Å². The zero-order valence-corrected chi connectivity index (χ0v) is 14.2. The second-order valence-electron chi connectivity index (χ2n) is 4.92. The minimum Gasteiger partial charge on any atom is -0.496 e. The lowest BCUT2D eigenvalue weighted by Gasteiger charge is -2.09. The summed E-state index contributed by atoms with van der Waals surface area (Å²) in [6, 6.07) is 8.52. The maximum atomic E-state index is 11.7. The van der Waals surface area contributed by atoms with E-state index in [1.54, 1.807) is 18.2 Å². The van der Waals surface area contributed by atoms with E-state index in [1.165, 1.54) is 19.4 Å². The predicted molar refractivity (Wildman–Crippen MR) is 92.9 cm³/mol. The van der Waals surface area contributed by atoms with Crippen LogP contribution in [0.2, 0.25) is 0 Å². The van der Waals surface area contributed by atoms with E-state index in [4.69, 9.17) is 10.5 Å². The maximum absolute atomic E-state index is 11.7. The number of aromatic amines is 1. The van der Waals surface area contributed by atoms with Gasteiger partial charge in [-0.05, 0) is 30.3 Å². The van der Waals surface area contributed by atoms with Gasteiger partial charge in [0.15, 0.2) is 0 Å². The predicted octanol–water partition coefficient (Wildman–Crippen LogP) is 3.19. The number of H-pyrrole nitrogens is 1. The molecule has 0 bridgehead atoms. The van der Waals surface area contributed by atoms with Crippen LogP contribution >= 0.6 is 15.9 Å². The van der Waals surface area contributed by atoms with Gasteiger partial charge in [-0.2, -0.15) is 0 Å². The van der Waals surface area contributed by atoms with E-state index < -0.39 is 5.97 Å². The summed E-state index contributed by atoms with van der Waals surface area (Å²) in [6.45, 7) is 0. The van der Waals surface area contributed by atoms with Crippen molar-refractivity contribution >= 4 is 27.8 Å². The zero-order valence-electron chi connectivity index (χ0n) is 12.6. The Balaban J connectivity index is 2.22. The molecule has 0 unspecified atom stereocenters. The molecular formula is C16H13BrN4O3. The fourth-order valence-electron chi connectivity index (χ4n) is 2.37. The summed E-state index contributed by atoms with van der Waals surface area (Å²) in [5.41, 5.74) is 7.79. The van der Waals surface area contributed by atoms with Crippen molar-refractivity contribution in [3.05, 3.63) is 46.6 Å². The van der Waals surface area contributed by atoms with Crippen molar-refractivity contribution in [1.82, 2.24) is 15.0 Å². The Morgan fingerprint density at radius 3 is 2.79 bits per heavy atom. The molecule has 0 saturated heterocycles. The normalized spacial score (nSPS) is 10.6. The van der Waals surface area contributed by atoms with Gasteiger partial charge in [0.1, 0.15) is 5.75 Å². The molecule has 3 rings (SSSR count). The second-order valence-corrected chi connectivity index (χ2v) is 5.84. The molecule has 2 heterocycles. The molecule has 0 amide bonds. The SMILES string of the molecule is COc1ccc(Br)cc1-c1[nH]c(-c2ccnc(N)n2)cc1C(=O)O. The molecule has 0 aliphatic heterocycles. The smallest absolute Gasteiger partial charge is 0.337 e. The molecule has 0 atom stereocenters. The Morgan fingerprint density at radius 2 is 2.12 bits per heavy atom. The van der Waals surface area contributed by atoms with Crippen LogP contribution in [0.15, 0.2) is 41.0 Å². The number of nitrogen functional groups attached to an aromatic ring is 1. The van der Waals surface area contributed by atoms with Crippen molar-refractivity contribution in [2.75, 3.05) is 12.8 Å². The van der Waals surface area contributed by atoms with Gasteiger partial charge in [0, 0.05) is 16.2 Å². The van der Waals surface area contributed by atoms with Crippen LogP contribution in [0.3, 0.4) is 0 Å². The summed E-state index contributed by atoms with van der Waals surface area (Å²) < 4.78 is 6.15. The molecule has 0 fully saturated rings. The van der Waals surface area contributed by atoms with Crippen molar-refractivity contribution in [3.63, 3.8) is 0 Å². The average molecular weight is 389 g/mol. The largest absolute Gasteiger partial charge is 0.496 e. The number of halogens is 1. The molecular weight excluding hydrogens is 376 g/mol. The molecule has 4 N–H and O–H groups in total. The van der Waals surface area contributed by atoms with Crippen molar-refractivity contribution in [2.24, 2.45) is 0 Å². The van der Waals surface area contributed by atoms with Crippen LogP contribution in [0, 0.1) is 0 Å². The van der Waals surface area contributed by atoms with Gasteiger partial charge in [0.05, 0.1) is 29.8 Å². The average Bonchev–Trinajstić information content (AvgIpc) is 3.00. The van der Waals surface area contributed by atoms with Crippen LogP contribution in [0.5, 0.6) is 5.75 Å². The first kappa shape index (κ1) is 16.0. The second kappa shape index (κ2) is 6.32. The van der Waals surface area contributed by atoms with Crippen LogP contribution in [0.4, 0.5) is 5.95 Å². The number of ether oxygens (including phenoxy) is 1. The van der Waals surface area contributed by atoms with Gasteiger partial charge in [-0.3, -0.25) is 0 Å². The summed E-state index contributed by atoms with van der Waals surface area (Å²) in [5.74, 6) is -0.395. The van der Waals surface area contributed by atoms with Gasteiger partial charge in [-0.1, -0.05) is 15.9 Å². The van der Waals surface area contributed by atoms with Crippen molar-refractivity contribution in [2.45, 2.75) is 0 Å². The van der Waals surface area contributed by atoms with Gasteiger partial charge in [-0.25, -0.2) is 14.8 Å². The molecule has 8 heteroatoms. The molecule has 0 aliphatic rings. The minimum atomic E-state index is -1.06. The van der Waals surface area contributed by atoms with E-state index in [1.807, 2.05) is 6.07 Å². The Morgan fingerprint density at radius 1 is 1.33 bits per heavy atom. The third-order valence-electron chi connectivity index (χ3n) is 3.43. The molecule has 3 aromatic rings. The quantitative estimate of drug-likeness (QED) is 0.632. The van der Waals surface area contributed by atoms with Gasteiger partial charge in [-0.15, -0.1) is 0 Å². The number of carbonyl (C=O) groups is 1. The monoisotopic (exact) mass is 388 g/mol. The van der Waals surface area contributed by atoms with Crippen molar-refractivity contribution in [1.29, 1.82) is 0 Å². The highest BCUT2D eigenvalue weighted by atomic mass is 79.9. The van der Waals surface area contributed by atoms with E-state index in [0.717, 1.165) is 4.47 Å². The van der Waals surface area contributed by atoms with Crippen LogP contribution in [-0.2, 0) is 0 Å². The van der Waals surface area contributed by atoms with Crippen LogP contribution in [0.1, 0.15) is 10.4 Å². The van der Waals surface area contributed by atoms with Gasteiger partial charge >= 0.3 is 5.97 Å². The van der Waals surface area contributed by atoms with E-state index in [9.17, 15) is 9.90 Å². The summed E-state index contributed by atoms with van der Waals surface area (Å²) in [6.07, 6.45) is 1.51. The van der Waals surface area contributed by atoms with Crippen LogP contribution < -0.4 is 10.5 Å². The summed E-state index contributed by atoms with van der Waals surface area (Å²) in [4.78, 5) is 22.7. The number of aromatic carboxylic acids is 1. The number of carboxylic acid groups (broad SMARTS) is 1. The first-order chi connectivity index (χ1) is 11.5. The number of carboxylic acids is 1. The number of anilines is 1. The highest BCUT2D eigenvalue weighted by Gasteiger charge is 2.20. The lowest BCUT2D eigenvalue weighted by molar-refractivity contribution is 0.0698. The highest BCUT2D eigenvalue weighted by molar-refractivity contribution is 9.10. The number of nitrogens with one attached hydrogen (secondary N) is 1. The van der Waals surface area contributed by atoms with E-state index in [2.05, 4.69) is 30.9 Å². The Kier molecular flexibility index (Phi) is 4.22. The van der Waals surface area contributed by atoms with Crippen LogP contribution in [-0.4, -0.2) is 33.1 Å². The lowest BCUT2D eigenvalue weighted by atomic mass is 10.1. The Labute approximate surface area is 145 Å². The number of aromatic nitrogens is 3. The minimum absolute atomic E-state index is 0.110. The fourth-order valence-corrected chi connectivity index (χ4v) is 2.73.